The van der Waals surface area contributed by atoms with Crippen molar-refractivity contribution in [1.29, 1.82) is 5.26 Å². The highest BCUT2D eigenvalue weighted by molar-refractivity contribution is 6.02. The molecule has 1 aliphatic heterocycles. The summed E-state index contributed by atoms with van der Waals surface area (Å²) in [5.74, 6) is -0.162. The van der Waals surface area contributed by atoms with Crippen molar-refractivity contribution in [3.8, 4) is 6.07 Å². The number of carbonyl (C=O) groups is 1. The van der Waals surface area contributed by atoms with Crippen LogP contribution in [0.3, 0.4) is 0 Å². The van der Waals surface area contributed by atoms with Gasteiger partial charge in [-0.25, -0.2) is 0 Å². The summed E-state index contributed by atoms with van der Waals surface area (Å²) in [6.45, 7) is 6.01. The second kappa shape index (κ2) is 10.1. The van der Waals surface area contributed by atoms with Crippen LogP contribution in [0.5, 0.6) is 0 Å². The summed E-state index contributed by atoms with van der Waals surface area (Å²) in [7, 11) is 0. The van der Waals surface area contributed by atoms with Crippen LogP contribution in [0, 0.1) is 17.2 Å². The number of aromatic nitrogens is 1. The number of hydrogen-bond acceptors (Lipinski definition) is 4. The van der Waals surface area contributed by atoms with Crippen molar-refractivity contribution in [2.75, 3.05) is 18.0 Å². The van der Waals surface area contributed by atoms with Gasteiger partial charge in [-0.1, -0.05) is 25.0 Å². The predicted octanol–water partition coefficient (Wildman–Crippen LogP) is 4.90. The van der Waals surface area contributed by atoms with Gasteiger partial charge in [-0.15, -0.1) is 0 Å². The van der Waals surface area contributed by atoms with Crippen molar-refractivity contribution in [3.05, 3.63) is 63.6 Å². The van der Waals surface area contributed by atoms with Crippen LogP contribution >= 0.6 is 0 Å². The molecule has 2 heterocycles. The summed E-state index contributed by atoms with van der Waals surface area (Å²) < 4.78 is 1.73. The Morgan fingerprint density at radius 2 is 2.12 bits per heavy atom. The molecule has 0 bridgehead atoms. The third-order valence-electron chi connectivity index (χ3n) is 6.61. The normalized spacial score (nSPS) is 18.5. The van der Waals surface area contributed by atoms with Gasteiger partial charge in [0.1, 0.15) is 0 Å². The molecule has 33 heavy (non-hydrogen) atoms. The van der Waals surface area contributed by atoms with Gasteiger partial charge in [-0.2, -0.15) is 5.26 Å². The zero-order valence-electron chi connectivity index (χ0n) is 19.6. The van der Waals surface area contributed by atoms with Crippen LogP contribution in [-0.4, -0.2) is 23.6 Å². The van der Waals surface area contributed by atoms with Crippen LogP contribution < -0.4 is 15.8 Å². The molecular weight excluding hydrogens is 412 g/mol. The molecule has 1 aliphatic carbocycles. The zero-order chi connectivity index (χ0) is 23.4. The lowest BCUT2D eigenvalue weighted by Crippen LogP contribution is -2.26. The number of nitrogens with zero attached hydrogens (tertiary/aromatic N) is 3. The van der Waals surface area contributed by atoms with E-state index in [0.717, 1.165) is 67.4 Å². The van der Waals surface area contributed by atoms with E-state index in [1.165, 1.54) is 5.57 Å². The lowest BCUT2D eigenvalue weighted by molar-refractivity contribution is 0.0964. The first-order valence-corrected chi connectivity index (χ1v) is 12.1. The van der Waals surface area contributed by atoms with Crippen molar-refractivity contribution in [2.24, 2.45) is 5.92 Å². The van der Waals surface area contributed by atoms with Gasteiger partial charge in [0, 0.05) is 42.3 Å². The number of benzene rings is 1. The van der Waals surface area contributed by atoms with E-state index in [-0.39, 0.29) is 17.4 Å². The number of carbonyl (C=O) groups excluding carboxylic acids is 1. The number of nitrogens with one attached hydrogen (secondary N) is 1. The average molecular weight is 445 g/mol. The fourth-order valence-electron chi connectivity index (χ4n) is 4.90. The predicted molar refractivity (Wildman–Crippen MR) is 132 cm³/mol. The highest BCUT2D eigenvalue weighted by Crippen LogP contribution is 2.30. The molecule has 6 nitrogen and oxygen atoms in total. The topological polar surface area (TPSA) is 78.1 Å². The Morgan fingerprint density at radius 1 is 1.27 bits per heavy atom. The number of nitriles is 1. The molecular formula is C27H32N4O2. The third-order valence-corrected chi connectivity index (χ3v) is 6.61. The Balaban J connectivity index is 1.69. The molecule has 0 radical (unpaired) electrons. The van der Waals surface area contributed by atoms with Gasteiger partial charge in [-0.05, 0) is 63.3 Å². The smallest absolute Gasteiger partial charge is 0.255 e. The average Bonchev–Trinajstić information content (AvgIpc) is 3.19. The number of aryl methyl sites for hydroxylation is 1. The second-order valence-electron chi connectivity index (χ2n) is 8.95. The lowest BCUT2D eigenvalue weighted by atomic mass is 10.1. The summed E-state index contributed by atoms with van der Waals surface area (Å²) in [5, 5.41) is 13.3. The quantitative estimate of drug-likeness (QED) is 0.688. The first-order chi connectivity index (χ1) is 16.0. The van der Waals surface area contributed by atoms with E-state index in [0.29, 0.717) is 18.7 Å². The van der Waals surface area contributed by atoms with Crippen molar-refractivity contribution < 1.29 is 4.79 Å². The fourth-order valence-corrected chi connectivity index (χ4v) is 4.90. The van der Waals surface area contributed by atoms with Gasteiger partial charge in [0.2, 0.25) is 0 Å². The van der Waals surface area contributed by atoms with Crippen molar-refractivity contribution in [2.45, 2.75) is 58.9 Å². The molecule has 0 saturated carbocycles. The van der Waals surface area contributed by atoms with E-state index in [1.54, 1.807) is 16.7 Å². The number of amides is 1. The van der Waals surface area contributed by atoms with Crippen molar-refractivity contribution in [1.82, 2.24) is 9.88 Å². The highest BCUT2D eigenvalue weighted by Gasteiger charge is 2.25. The van der Waals surface area contributed by atoms with E-state index < -0.39 is 0 Å². The Hall–Kier alpha value is -3.33. The van der Waals surface area contributed by atoms with Gasteiger partial charge in [0.05, 0.1) is 23.2 Å². The zero-order valence-corrected chi connectivity index (χ0v) is 19.6. The molecule has 4 rings (SSSR count). The molecule has 1 unspecified atom stereocenters. The largest absolute Gasteiger partial charge is 0.369 e. The maximum atomic E-state index is 13.2. The summed E-state index contributed by atoms with van der Waals surface area (Å²) >= 11 is 0. The minimum atomic E-state index is -0.127. The number of hydrogen-bond donors (Lipinski definition) is 1. The summed E-state index contributed by atoms with van der Waals surface area (Å²) in [6, 6.07) is 9.57. The highest BCUT2D eigenvalue weighted by atomic mass is 16.1. The molecule has 2 aromatic rings. The lowest BCUT2D eigenvalue weighted by Gasteiger charge is -2.22. The molecule has 1 aromatic carbocycles. The maximum absolute atomic E-state index is 13.2. The monoisotopic (exact) mass is 444 g/mol. The minimum absolute atomic E-state index is 0.0346. The van der Waals surface area contributed by atoms with Gasteiger partial charge >= 0.3 is 0 Å². The molecule has 0 spiro atoms. The minimum Gasteiger partial charge on any atom is -0.369 e. The first kappa shape index (κ1) is 22.8. The molecule has 1 fully saturated rings. The molecule has 2 aliphatic rings. The van der Waals surface area contributed by atoms with E-state index >= 15 is 0 Å². The molecule has 1 aromatic heterocycles. The Labute approximate surface area is 195 Å². The Morgan fingerprint density at radius 3 is 2.85 bits per heavy atom. The van der Waals surface area contributed by atoms with Gasteiger partial charge in [0.25, 0.3) is 11.5 Å². The first-order valence-electron chi connectivity index (χ1n) is 12.1. The van der Waals surface area contributed by atoms with Crippen molar-refractivity contribution >= 4 is 22.5 Å². The summed E-state index contributed by atoms with van der Waals surface area (Å²) in [4.78, 5) is 28.1. The molecule has 1 atom stereocenters. The van der Waals surface area contributed by atoms with Crippen LogP contribution in [0.4, 0.5) is 5.69 Å². The van der Waals surface area contributed by atoms with Crippen LogP contribution in [-0.2, 0) is 6.54 Å². The van der Waals surface area contributed by atoms with E-state index in [4.69, 9.17) is 0 Å². The van der Waals surface area contributed by atoms with Gasteiger partial charge in [-0.3, -0.25) is 9.59 Å². The second-order valence-corrected chi connectivity index (χ2v) is 8.95. The summed E-state index contributed by atoms with van der Waals surface area (Å²) in [6.07, 6.45) is 10.2. The molecule has 1 N–H and O–H groups in total. The fraction of sp³-hybridized carbons (Fsp3) is 0.444. The molecule has 172 valence electrons. The number of allylic oxidation sites excluding steroid dienone is 4. The Bertz CT molecular complexity index is 1220. The Kier molecular flexibility index (Phi) is 6.98. The third kappa shape index (κ3) is 4.88. The van der Waals surface area contributed by atoms with Crippen LogP contribution in [0.2, 0.25) is 0 Å². The molecule has 1 amide bonds. The van der Waals surface area contributed by atoms with Crippen LogP contribution in [0.1, 0.15) is 62.7 Å². The number of rotatable bonds is 6. The van der Waals surface area contributed by atoms with Gasteiger partial charge in [0.15, 0.2) is 0 Å². The van der Waals surface area contributed by atoms with E-state index in [2.05, 4.69) is 35.4 Å². The van der Waals surface area contributed by atoms with Gasteiger partial charge < -0.3 is 14.8 Å². The van der Waals surface area contributed by atoms with Crippen LogP contribution in [0.15, 0.2) is 52.5 Å². The number of fused-ring (bicyclic) bond motifs is 1. The van der Waals surface area contributed by atoms with Crippen molar-refractivity contribution in [3.63, 3.8) is 0 Å². The maximum Gasteiger partial charge on any atom is 0.255 e. The standard InChI is InChI=1S/C27H32N4O2/c1-3-7-19-8-5-6-9-22(14-19)29-27(33)21-10-11-24-23(15-21)25(16-26(32)31(24)4-2)30-13-12-20(17-28)18-30/h8,10-11,14-16,20H,3-7,9,12-13,18H2,1-2H3,(H,29,33). The summed E-state index contributed by atoms with van der Waals surface area (Å²) in [5.41, 5.74) is 4.41. The SMILES string of the molecule is CCCC1=CCCCC(NC(=O)c2ccc3c(c2)c(N2CCC(C#N)C2)cc(=O)n3CC)=C1. The van der Waals surface area contributed by atoms with E-state index in [1.807, 2.05) is 19.1 Å². The number of pyridine rings is 1. The van der Waals surface area contributed by atoms with Crippen LogP contribution in [0.25, 0.3) is 10.9 Å². The van der Waals surface area contributed by atoms with E-state index in [9.17, 15) is 14.9 Å². The molecule has 1 saturated heterocycles. The molecule has 6 heteroatoms. The number of anilines is 1.